The molecule has 0 bridgehead atoms. The number of ether oxygens (including phenoxy) is 1. The number of hydrogen-bond acceptors (Lipinski definition) is 4. The number of carbonyl (C=O) groups excluding carboxylic acids is 1. The van der Waals surface area contributed by atoms with Crippen LogP contribution < -0.4 is 4.74 Å². The Morgan fingerprint density at radius 2 is 2.12 bits per heavy atom. The Kier molecular flexibility index (Phi) is 2.21. The molecule has 1 heterocycles. The van der Waals surface area contributed by atoms with Crippen molar-refractivity contribution in [3.8, 4) is 17.0 Å². The lowest BCUT2D eigenvalue weighted by Gasteiger charge is -2.05. The van der Waals surface area contributed by atoms with Gasteiger partial charge in [-0.1, -0.05) is 17.3 Å². The van der Waals surface area contributed by atoms with Gasteiger partial charge in [0.1, 0.15) is 17.2 Å². The van der Waals surface area contributed by atoms with Crippen LogP contribution in [0.1, 0.15) is 22.5 Å². The number of rotatable bonds is 2. The Labute approximate surface area is 98.2 Å². The number of Topliss-reactive ketones (excluding diaryl/α,β-unsaturated/α-hetero) is 1. The van der Waals surface area contributed by atoms with E-state index in [1.807, 2.05) is 24.3 Å². The van der Waals surface area contributed by atoms with Crippen LogP contribution in [0.4, 0.5) is 0 Å². The first kappa shape index (κ1) is 10.1. The van der Waals surface area contributed by atoms with Gasteiger partial charge in [-0.2, -0.15) is 0 Å². The number of carbonyl (C=O) groups is 1. The van der Waals surface area contributed by atoms with Gasteiger partial charge in [-0.3, -0.25) is 4.79 Å². The molecule has 1 aromatic carbocycles. The maximum absolute atomic E-state index is 11.8. The SMILES string of the molecule is COc1ccccc1-c1noc2c1C(=O)CC2. The standard InChI is InChI=1S/C13H11NO3/c1-16-10-5-3-2-4-8(10)13-12-9(15)6-7-11(12)17-14-13/h2-5H,6-7H2,1H3. The van der Waals surface area contributed by atoms with Crippen molar-refractivity contribution in [2.75, 3.05) is 7.11 Å². The van der Waals surface area contributed by atoms with Gasteiger partial charge in [0.05, 0.1) is 12.7 Å². The summed E-state index contributed by atoms with van der Waals surface area (Å²) in [5, 5.41) is 3.99. The van der Waals surface area contributed by atoms with E-state index in [1.165, 1.54) is 0 Å². The van der Waals surface area contributed by atoms with Gasteiger partial charge in [-0.25, -0.2) is 0 Å². The summed E-state index contributed by atoms with van der Waals surface area (Å²) < 4.78 is 10.5. The first-order chi connectivity index (χ1) is 8.31. The van der Waals surface area contributed by atoms with Crippen LogP contribution in [0.3, 0.4) is 0 Å². The summed E-state index contributed by atoms with van der Waals surface area (Å²) in [7, 11) is 1.60. The number of methoxy groups -OCH3 is 1. The molecular formula is C13H11NO3. The lowest BCUT2D eigenvalue weighted by atomic mass is 10.1. The van der Waals surface area contributed by atoms with Crippen molar-refractivity contribution in [3.05, 3.63) is 35.6 Å². The molecule has 0 amide bonds. The van der Waals surface area contributed by atoms with Crippen LogP contribution in [-0.4, -0.2) is 18.0 Å². The highest BCUT2D eigenvalue weighted by atomic mass is 16.5. The monoisotopic (exact) mass is 229 g/mol. The van der Waals surface area contributed by atoms with Crippen molar-refractivity contribution < 1.29 is 14.1 Å². The molecule has 0 saturated heterocycles. The molecule has 4 nitrogen and oxygen atoms in total. The molecule has 1 aromatic heterocycles. The van der Waals surface area contributed by atoms with Gasteiger partial charge >= 0.3 is 0 Å². The van der Waals surface area contributed by atoms with Crippen molar-refractivity contribution in [1.82, 2.24) is 5.16 Å². The molecule has 0 spiro atoms. The predicted molar refractivity (Wildman–Crippen MR) is 61.1 cm³/mol. The Balaban J connectivity index is 2.20. The molecule has 17 heavy (non-hydrogen) atoms. The second-order valence-corrected chi connectivity index (χ2v) is 3.95. The van der Waals surface area contributed by atoms with Gasteiger partial charge < -0.3 is 9.26 Å². The van der Waals surface area contributed by atoms with E-state index in [0.717, 1.165) is 5.56 Å². The smallest absolute Gasteiger partial charge is 0.169 e. The van der Waals surface area contributed by atoms with E-state index in [9.17, 15) is 4.79 Å². The summed E-state index contributed by atoms with van der Waals surface area (Å²) in [6, 6.07) is 7.49. The first-order valence-electron chi connectivity index (χ1n) is 5.46. The molecule has 0 N–H and O–H groups in total. The minimum atomic E-state index is 0.0992. The average molecular weight is 229 g/mol. The van der Waals surface area contributed by atoms with Crippen LogP contribution >= 0.6 is 0 Å². The van der Waals surface area contributed by atoms with Crippen molar-refractivity contribution >= 4 is 5.78 Å². The highest BCUT2D eigenvalue weighted by molar-refractivity contribution is 6.05. The Hall–Kier alpha value is -2.10. The number of aromatic nitrogens is 1. The van der Waals surface area contributed by atoms with Crippen LogP contribution in [0.15, 0.2) is 28.8 Å². The molecule has 0 saturated carbocycles. The molecule has 0 aliphatic heterocycles. The van der Waals surface area contributed by atoms with Crippen molar-refractivity contribution in [1.29, 1.82) is 0 Å². The number of ketones is 1. The number of para-hydroxylation sites is 1. The Morgan fingerprint density at radius 3 is 2.94 bits per heavy atom. The molecule has 1 aliphatic carbocycles. The Bertz CT molecular complexity index is 586. The minimum Gasteiger partial charge on any atom is -0.496 e. The number of benzene rings is 1. The van der Waals surface area contributed by atoms with E-state index in [0.29, 0.717) is 35.6 Å². The van der Waals surface area contributed by atoms with Gasteiger partial charge in [-0.05, 0) is 12.1 Å². The fourth-order valence-electron chi connectivity index (χ4n) is 2.16. The largest absolute Gasteiger partial charge is 0.496 e. The third kappa shape index (κ3) is 1.45. The molecule has 86 valence electrons. The molecule has 0 fully saturated rings. The number of nitrogens with zero attached hydrogens (tertiary/aromatic N) is 1. The van der Waals surface area contributed by atoms with Crippen LogP contribution in [0, 0.1) is 0 Å². The number of aryl methyl sites for hydroxylation is 1. The van der Waals surface area contributed by atoms with Crippen LogP contribution in [0.5, 0.6) is 5.75 Å². The molecule has 3 rings (SSSR count). The summed E-state index contributed by atoms with van der Waals surface area (Å²) in [6.45, 7) is 0. The Morgan fingerprint density at radius 1 is 1.29 bits per heavy atom. The zero-order valence-electron chi connectivity index (χ0n) is 9.40. The lowest BCUT2D eigenvalue weighted by molar-refractivity contribution is 0.0995. The molecule has 1 aliphatic rings. The van der Waals surface area contributed by atoms with Gasteiger partial charge in [-0.15, -0.1) is 0 Å². The van der Waals surface area contributed by atoms with E-state index in [1.54, 1.807) is 7.11 Å². The second kappa shape index (κ2) is 3.73. The summed E-state index contributed by atoms with van der Waals surface area (Å²) in [5.41, 5.74) is 2.02. The second-order valence-electron chi connectivity index (χ2n) is 3.95. The average Bonchev–Trinajstić information content (AvgIpc) is 2.93. The van der Waals surface area contributed by atoms with Crippen molar-refractivity contribution in [2.24, 2.45) is 0 Å². The predicted octanol–water partition coefficient (Wildman–Crippen LogP) is 2.48. The molecule has 2 aromatic rings. The van der Waals surface area contributed by atoms with Gasteiger partial charge in [0.15, 0.2) is 5.78 Å². The van der Waals surface area contributed by atoms with Crippen LogP contribution in [0.25, 0.3) is 11.3 Å². The quantitative estimate of drug-likeness (QED) is 0.793. The maximum atomic E-state index is 11.8. The van der Waals surface area contributed by atoms with E-state index in [2.05, 4.69) is 5.16 Å². The zero-order chi connectivity index (χ0) is 11.8. The molecule has 0 unspecified atom stereocenters. The lowest BCUT2D eigenvalue weighted by Crippen LogP contribution is -1.95. The number of hydrogen-bond donors (Lipinski definition) is 0. The third-order valence-corrected chi connectivity index (χ3v) is 2.98. The number of fused-ring (bicyclic) bond motifs is 1. The summed E-state index contributed by atoms with van der Waals surface area (Å²) in [5.74, 6) is 1.49. The van der Waals surface area contributed by atoms with E-state index in [4.69, 9.17) is 9.26 Å². The summed E-state index contributed by atoms with van der Waals surface area (Å²) in [4.78, 5) is 11.8. The third-order valence-electron chi connectivity index (χ3n) is 2.98. The van der Waals surface area contributed by atoms with E-state index >= 15 is 0 Å². The highest BCUT2D eigenvalue weighted by Gasteiger charge is 2.30. The van der Waals surface area contributed by atoms with E-state index < -0.39 is 0 Å². The van der Waals surface area contributed by atoms with Crippen LogP contribution in [-0.2, 0) is 6.42 Å². The van der Waals surface area contributed by atoms with E-state index in [-0.39, 0.29) is 5.78 Å². The molecule has 0 atom stereocenters. The van der Waals surface area contributed by atoms with Gasteiger partial charge in [0.25, 0.3) is 0 Å². The normalized spacial score (nSPS) is 13.8. The maximum Gasteiger partial charge on any atom is 0.169 e. The first-order valence-corrected chi connectivity index (χ1v) is 5.46. The zero-order valence-corrected chi connectivity index (χ0v) is 9.40. The van der Waals surface area contributed by atoms with Crippen molar-refractivity contribution in [3.63, 3.8) is 0 Å². The van der Waals surface area contributed by atoms with Gasteiger partial charge in [0, 0.05) is 18.4 Å². The van der Waals surface area contributed by atoms with Crippen molar-refractivity contribution in [2.45, 2.75) is 12.8 Å². The van der Waals surface area contributed by atoms with Gasteiger partial charge in [0.2, 0.25) is 0 Å². The highest BCUT2D eigenvalue weighted by Crippen LogP contribution is 2.36. The van der Waals surface area contributed by atoms with Crippen LogP contribution in [0.2, 0.25) is 0 Å². The summed E-state index contributed by atoms with van der Waals surface area (Å²) in [6.07, 6.45) is 1.16. The molecule has 0 radical (unpaired) electrons. The molecule has 4 heteroatoms. The topological polar surface area (TPSA) is 52.3 Å². The molecular weight excluding hydrogens is 218 g/mol. The summed E-state index contributed by atoms with van der Waals surface area (Å²) >= 11 is 0. The fourth-order valence-corrected chi connectivity index (χ4v) is 2.16. The minimum absolute atomic E-state index is 0.0992. The fraction of sp³-hybridized carbons (Fsp3) is 0.231.